The Bertz CT molecular complexity index is 260. The van der Waals surface area contributed by atoms with Gasteiger partial charge in [-0.15, -0.1) is 0 Å². The molecule has 98 valence electrons. The third-order valence-electron chi connectivity index (χ3n) is 4.02. The van der Waals surface area contributed by atoms with Crippen LogP contribution in [-0.4, -0.2) is 30.5 Å². The van der Waals surface area contributed by atoms with E-state index in [1.807, 2.05) is 11.8 Å². The SMILES string of the molecule is NCC1(C(=O)NCCSCC2CC2)CCCC1. The average Bonchev–Trinajstić information content (AvgIpc) is 3.04. The molecule has 2 saturated carbocycles. The van der Waals surface area contributed by atoms with Gasteiger partial charge in [-0.25, -0.2) is 0 Å². The molecule has 2 fully saturated rings. The van der Waals surface area contributed by atoms with E-state index in [4.69, 9.17) is 5.73 Å². The van der Waals surface area contributed by atoms with Gasteiger partial charge in [0.15, 0.2) is 0 Å². The van der Waals surface area contributed by atoms with Gasteiger partial charge in [0.1, 0.15) is 0 Å². The van der Waals surface area contributed by atoms with Gasteiger partial charge in [-0.3, -0.25) is 4.79 Å². The molecule has 2 aliphatic carbocycles. The van der Waals surface area contributed by atoms with Crippen LogP contribution >= 0.6 is 11.8 Å². The van der Waals surface area contributed by atoms with Gasteiger partial charge in [0, 0.05) is 18.8 Å². The molecule has 1 amide bonds. The van der Waals surface area contributed by atoms with Crippen LogP contribution < -0.4 is 11.1 Å². The van der Waals surface area contributed by atoms with E-state index in [0.717, 1.165) is 43.9 Å². The third kappa shape index (κ3) is 3.62. The summed E-state index contributed by atoms with van der Waals surface area (Å²) in [6, 6.07) is 0. The first-order chi connectivity index (χ1) is 8.27. The number of thioether (sulfide) groups is 1. The highest BCUT2D eigenvalue weighted by Crippen LogP contribution is 2.37. The Morgan fingerprint density at radius 3 is 2.65 bits per heavy atom. The van der Waals surface area contributed by atoms with Crippen molar-refractivity contribution in [3.8, 4) is 0 Å². The molecule has 0 atom stereocenters. The van der Waals surface area contributed by atoms with Gasteiger partial charge in [-0.05, 0) is 37.4 Å². The summed E-state index contributed by atoms with van der Waals surface area (Å²) in [5.41, 5.74) is 5.55. The number of carbonyl (C=O) groups is 1. The highest BCUT2D eigenvalue weighted by molar-refractivity contribution is 7.99. The molecule has 0 aliphatic heterocycles. The molecule has 0 spiro atoms. The maximum Gasteiger partial charge on any atom is 0.227 e. The van der Waals surface area contributed by atoms with Crippen molar-refractivity contribution < 1.29 is 4.79 Å². The van der Waals surface area contributed by atoms with Crippen LogP contribution in [-0.2, 0) is 4.79 Å². The van der Waals surface area contributed by atoms with Crippen molar-refractivity contribution in [1.29, 1.82) is 0 Å². The number of rotatable bonds is 7. The Morgan fingerprint density at radius 2 is 2.06 bits per heavy atom. The maximum absolute atomic E-state index is 12.1. The van der Waals surface area contributed by atoms with Gasteiger partial charge in [0.25, 0.3) is 0 Å². The first-order valence-electron chi connectivity index (χ1n) is 6.83. The largest absolute Gasteiger partial charge is 0.355 e. The first kappa shape index (κ1) is 13.2. The molecule has 3 nitrogen and oxygen atoms in total. The number of nitrogens with one attached hydrogen (secondary N) is 1. The Hall–Kier alpha value is -0.220. The van der Waals surface area contributed by atoms with E-state index in [1.54, 1.807) is 0 Å². The van der Waals surface area contributed by atoms with Crippen molar-refractivity contribution in [3.63, 3.8) is 0 Å². The summed E-state index contributed by atoms with van der Waals surface area (Å²) in [5, 5.41) is 3.07. The second-order valence-electron chi connectivity index (χ2n) is 5.47. The van der Waals surface area contributed by atoms with Gasteiger partial charge >= 0.3 is 0 Å². The zero-order chi connectivity index (χ0) is 12.1. The second-order valence-corrected chi connectivity index (χ2v) is 6.62. The summed E-state index contributed by atoms with van der Waals surface area (Å²) in [6.07, 6.45) is 7.09. The Balaban J connectivity index is 1.61. The average molecular weight is 256 g/mol. The molecule has 4 heteroatoms. The van der Waals surface area contributed by atoms with Crippen LogP contribution in [0.2, 0.25) is 0 Å². The lowest BCUT2D eigenvalue weighted by atomic mass is 9.85. The molecule has 0 aromatic rings. The quantitative estimate of drug-likeness (QED) is 0.683. The highest BCUT2D eigenvalue weighted by atomic mass is 32.2. The minimum atomic E-state index is -0.235. The van der Waals surface area contributed by atoms with Gasteiger partial charge in [-0.2, -0.15) is 11.8 Å². The lowest BCUT2D eigenvalue weighted by molar-refractivity contribution is -0.130. The smallest absolute Gasteiger partial charge is 0.227 e. The summed E-state index contributed by atoms with van der Waals surface area (Å²) < 4.78 is 0. The zero-order valence-corrected chi connectivity index (χ0v) is 11.4. The van der Waals surface area contributed by atoms with Crippen LogP contribution in [0.3, 0.4) is 0 Å². The minimum Gasteiger partial charge on any atom is -0.355 e. The molecule has 2 rings (SSSR count). The molecule has 2 aliphatic rings. The minimum absolute atomic E-state index is 0.199. The van der Waals surface area contributed by atoms with Crippen molar-refractivity contribution >= 4 is 17.7 Å². The van der Waals surface area contributed by atoms with Crippen molar-refractivity contribution in [2.75, 3.05) is 24.6 Å². The summed E-state index contributed by atoms with van der Waals surface area (Å²) in [4.78, 5) is 12.1. The predicted molar refractivity (Wildman–Crippen MR) is 73.0 cm³/mol. The monoisotopic (exact) mass is 256 g/mol. The van der Waals surface area contributed by atoms with Crippen molar-refractivity contribution in [1.82, 2.24) is 5.32 Å². The van der Waals surface area contributed by atoms with E-state index in [0.29, 0.717) is 6.54 Å². The van der Waals surface area contributed by atoms with Gasteiger partial charge in [0.2, 0.25) is 5.91 Å². The van der Waals surface area contributed by atoms with Crippen LogP contribution in [0.15, 0.2) is 0 Å². The van der Waals surface area contributed by atoms with Crippen molar-refractivity contribution in [2.45, 2.75) is 38.5 Å². The number of amides is 1. The summed E-state index contributed by atoms with van der Waals surface area (Å²) in [5.74, 6) is 3.49. The number of carbonyl (C=O) groups excluding carboxylic acids is 1. The van der Waals surface area contributed by atoms with Gasteiger partial charge in [-0.1, -0.05) is 12.8 Å². The third-order valence-corrected chi connectivity index (χ3v) is 5.22. The van der Waals surface area contributed by atoms with E-state index in [9.17, 15) is 4.79 Å². The summed E-state index contributed by atoms with van der Waals surface area (Å²) >= 11 is 1.97. The molecule has 0 aromatic heterocycles. The van der Waals surface area contributed by atoms with Crippen LogP contribution in [0.5, 0.6) is 0 Å². The molecular formula is C13H24N2OS. The van der Waals surface area contributed by atoms with E-state index in [1.165, 1.54) is 18.6 Å². The summed E-state index contributed by atoms with van der Waals surface area (Å²) in [6.45, 7) is 1.31. The van der Waals surface area contributed by atoms with E-state index in [-0.39, 0.29) is 11.3 Å². The zero-order valence-electron chi connectivity index (χ0n) is 10.5. The molecule has 0 aromatic carbocycles. The highest BCUT2D eigenvalue weighted by Gasteiger charge is 2.39. The Morgan fingerprint density at radius 1 is 1.35 bits per heavy atom. The molecule has 0 saturated heterocycles. The van der Waals surface area contributed by atoms with Gasteiger partial charge < -0.3 is 11.1 Å². The van der Waals surface area contributed by atoms with Crippen LogP contribution in [0.1, 0.15) is 38.5 Å². The van der Waals surface area contributed by atoms with Crippen LogP contribution in [0, 0.1) is 11.3 Å². The molecule has 0 heterocycles. The number of nitrogens with two attached hydrogens (primary N) is 1. The van der Waals surface area contributed by atoms with Crippen molar-refractivity contribution in [2.24, 2.45) is 17.1 Å². The lowest BCUT2D eigenvalue weighted by Gasteiger charge is -2.25. The fourth-order valence-electron chi connectivity index (χ4n) is 2.53. The van der Waals surface area contributed by atoms with Gasteiger partial charge in [0.05, 0.1) is 5.41 Å². The normalized spacial score (nSPS) is 22.6. The summed E-state index contributed by atoms with van der Waals surface area (Å²) in [7, 11) is 0. The standard InChI is InChI=1S/C13H24N2OS/c14-10-13(5-1-2-6-13)12(16)15-7-8-17-9-11-3-4-11/h11H,1-10,14H2,(H,15,16). The fraction of sp³-hybridized carbons (Fsp3) is 0.923. The first-order valence-corrected chi connectivity index (χ1v) is 7.98. The predicted octanol–water partition coefficient (Wildman–Crippen LogP) is 1.76. The Kier molecular flexibility index (Phi) is 4.74. The van der Waals surface area contributed by atoms with Crippen LogP contribution in [0.25, 0.3) is 0 Å². The number of hydrogen-bond acceptors (Lipinski definition) is 3. The maximum atomic E-state index is 12.1. The van der Waals surface area contributed by atoms with E-state index < -0.39 is 0 Å². The van der Waals surface area contributed by atoms with E-state index >= 15 is 0 Å². The van der Waals surface area contributed by atoms with Crippen LogP contribution in [0.4, 0.5) is 0 Å². The lowest BCUT2D eigenvalue weighted by Crippen LogP contribution is -2.44. The molecule has 0 bridgehead atoms. The Labute approximate surface area is 108 Å². The molecule has 17 heavy (non-hydrogen) atoms. The fourth-order valence-corrected chi connectivity index (χ4v) is 3.61. The topological polar surface area (TPSA) is 55.1 Å². The molecule has 0 unspecified atom stereocenters. The second kappa shape index (κ2) is 6.10. The molecule has 0 radical (unpaired) electrons. The molecule has 3 N–H and O–H groups in total. The molecular weight excluding hydrogens is 232 g/mol. The number of hydrogen-bond donors (Lipinski definition) is 2. The van der Waals surface area contributed by atoms with E-state index in [2.05, 4.69) is 5.32 Å². The van der Waals surface area contributed by atoms with Crippen molar-refractivity contribution in [3.05, 3.63) is 0 Å².